The first-order chi connectivity index (χ1) is 14.7. The van der Waals surface area contributed by atoms with Crippen molar-refractivity contribution in [3.05, 3.63) is 0 Å². The molecule has 0 aliphatic rings. The summed E-state index contributed by atoms with van der Waals surface area (Å²) < 4.78 is 5.51. The molecular formula is C22H42N4O6. The van der Waals surface area contributed by atoms with Crippen LogP contribution in [0.15, 0.2) is 0 Å². The fraction of sp³-hybridized carbons (Fsp3) is 0.818. The minimum absolute atomic E-state index is 0.00156. The van der Waals surface area contributed by atoms with E-state index in [-0.39, 0.29) is 30.1 Å². The van der Waals surface area contributed by atoms with Crippen LogP contribution in [-0.2, 0) is 19.1 Å². The van der Waals surface area contributed by atoms with Crippen molar-refractivity contribution in [2.45, 2.75) is 78.6 Å². The zero-order valence-electron chi connectivity index (χ0n) is 20.9. The maximum absolute atomic E-state index is 13.5. The van der Waals surface area contributed by atoms with Crippen LogP contribution in [0.25, 0.3) is 0 Å². The minimum Gasteiger partial charge on any atom is -0.465 e. The zero-order valence-corrected chi connectivity index (χ0v) is 20.9. The number of amides is 4. The van der Waals surface area contributed by atoms with Gasteiger partial charge in [-0.2, -0.15) is 0 Å². The Kier molecular flexibility index (Phi) is 12.3. The molecule has 0 saturated carbocycles. The Balaban J connectivity index is 5.93. The molecule has 0 aromatic heterocycles. The molecule has 0 fully saturated rings. The summed E-state index contributed by atoms with van der Waals surface area (Å²) in [5, 5.41) is 12.1. The van der Waals surface area contributed by atoms with Crippen LogP contribution in [0.2, 0.25) is 0 Å². The second kappa shape index (κ2) is 13.2. The standard InChI is InChI=1S/C22H42N4O6/c1-10-14(6)19(15(32-9)11-16(23)27)25(7)21(29)17(12(2)3)24-20(28)18(13(4)5)26(8)22(30)31/h12-15,17-19H,10-11H2,1-9H3,(H2,23,27)(H,24,28)(H,30,31)/t14-,15+,17-,18?,19-/m0/s1. The van der Waals surface area contributed by atoms with Gasteiger partial charge in [-0.3, -0.25) is 19.3 Å². The number of nitrogens with zero attached hydrogens (tertiary/aromatic N) is 2. The van der Waals surface area contributed by atoms with E-state index in [1.54, 1.807) is 34.7 Å². The van der Waals surface area contributed by atoms with Gasteiger partial charge in [0.1, 0.15) is 12.1 Å². The van der Waals surface area contributed by atoms with Crippen molar-refractivity contribution in [2.24, 2.45) is 23.5 Å². The second-order valence-corrected chi connectivity index (χ2v) is 9.08. The molecule has 4 N–H and O–H groups in total. The van der Waals surface area contributed by atoms with Gasteiger partial charge in [-0.1, -0.05) is 48.0 Å². The van der Waals surface area contributed by atoms with E-state index in [1.807, 2.05) is 13.8 Å². The number of carboxylic acid groups (broad SMARTS) is 1. The van der Waals surface area contributed by atoms with Crippen LogP contribution < -0.4 is 11.1 Å². The molecular weight excluding hydrogens is 416 g/mol. The highest BCUT2D eigenvalue weighted by Crippen LogP contribution is 2.23. The Morgan fingerprint density at radius 2 is 1.53 bits per heavy atom. The number of primary amides is 1. The van der Waals surface area contributed by atoms with Gasteiger partial charge >= 0.3 is 6.09 Å². The smallest absolute Gasteiger partial charge is 0.407 e. The highest BCUT2D eigenvalue weighted by atomic mass is 16.5. The predicted molar refractivity (Wildman–Crippen MR) is 122 cm³/mol. The fourth-order valence-corrected chi connectivity index (χ4v) is 3.94. The van der Waals surface area contributed by atoms with E-state index >= 15 is 0 Å². The van der Waals surface area contributed by atoms with Crippen LogP contribution in [0.5, 0.6) is 0 Å². The van der Waals surface area contributed by atoms with Gasteiger partial charge in [0, 0.05) is 21.2 Å². The summed E-state index contributed by atoms with van der Waals surface area (Å²) in [6.45, 7) is 11.0. The minimum atomic E-state index is -1.23. The summed E-state index contributed by atoms with van der Waals surface area (Å²) >= 11 is 0. The van der Waals surface area contributed by atoms with E-state index in [0.717, 1.165) is 11.3 Å². The molecule has 0 radical (unpaired) electrons. The van der Waals surface area contributed by atoms with Crippen LogP contribution in [0.4, 0.5) is 4.79 Å². The topological polar surface area (TPSA) is 142 Å². The molecule has 0 saturated heterocycles. The highest BCUT2D eigenvalue weighted by molar-refractivity contribution is 5.91. The molecule has 1 unspecified atom stereocenters. The maximum Gasteiger partial charge on any atom is 0.407 e. The Bertz CT molecular complexity index is 654. The van der Waals surface area contributed by atoms with E-state index < -0.39 is 42.1 Å². The summed E-state index contributed by atoms with van der Waals surface area (Å²) in [4.78, 5) is 51.9. The summed E-state index contributed by atoms with van der Waals surface area (Å²) in [7, 11) is 4.42. The molecule has 186 valence electrons. The number of nitrogens with two attached hydrogens (primary N) is 1. The summed E-state index contributed by atoms with van der Waals surface area (Å²) in [6.07, 6.45) is -1.13. The molecule has 0 bridgehead atoms. The van der Waals surface area contributed by atoms with Crippen molar-refractivity contribution in [1.82, 2.24) is 15.1 Å². The van der Waals surface area contributed by atoms with E-state index in [0.29, 0.717) is 0 Å². The lowest BCUT2D eigenvalue weighted by Gasteiger charge is -2.40. The number of ether oxygens (including phenoxy) is 1. The molecule has 4 amide bonds. The van der Waals surface area contributed by atoms with Crippen molar-refractivity contribution >= 4 is 23.8 Å². The molecule has 32 heavy (non-hydrogen) atoms. The highest BCUT2D eigenvalue weighted by Gasteiger charge is 2.39. The van der Waals surface area contributed by atoms with Crippen LogP contribution in [0.1, 0.15) is 54.4 Å². The summed E-state index contributed by atoms with van der Waals surface area (Å²) in [5.41, 5.74) is 5.38. The molecule has 0 aromatic rings. The molecule has 0 aliphatic heterocycles. The third kappa shape index (κ3) is 7.96. The number of methoxy groups -OCH3 is 1. The van der Waals surface area contributed by atoms with Gasteiger partial charge in [0.05, 0.1) is 18.6 Å². The molecule has 0 heterocycles. The lowest BCUT2D eigenvalue weighted by molar-refractivity contribution is -0.144. The SMILES string of the molecule is CC[C@H](C)[C@@H]([C@@H](CC(N)=O)OC)N(C)C(=O)[C@@H](NC(=O)C(C(C)C)N(C)C(=O)O)C(C)C. The van der Waals surface area contributed by atoms with Crippen molar-refractivity contribution in [1.29, 1.82) is 0 Å². The number of likely N-dealkylation sites (N-methyl/N-ethyl adjacent to an activating group) is 2. The van der Waals surface area contributed by atoms with Crippen LogP contribution in [-0.4, -0.2) is 84.2 Å². The van der Waals surface area contributed by atoms with Gasteiger partial charge in [0.25, 0.3) is 0 Å². The maximum atomic E-state index is 13.5. The first kappa shape index (κ1) is 29.6. The van der Waals surface area contributed by atoms with Crippen LogP contribution in [0, 0.1) is 17.8 Å². The third-order valence-electron chi connectivity index (χ3n) is 5.96. The Morgan fingerprint density at radius 1 is 1.00 bits per heavy atom. The van der Waals surface area contributed by atoms with Gasteiger partial charge in [0.15, 0.2) is 0 Å². The predicted octanol–water partition coefficient (Wildman–Crippen LogP) is 1.53. The molecule has 0 aromatic carbocycles. The number of hydrogen-bond donors (Lipinski definition) is 3. The molecule has 10 nitrogen and oxygen atoms in total. The van der Waals surface area contributed by atoms with Crippen molar-refractivity contribution in [2.75, 3.05) is 21.2 Å². The molecule has 10 heteroatoms. The van der Waals surface area contributed by atoms with Gasteiger partial charge in [-0.25, -0.2) is 4.79 Å². The second-order valence-electron chi connectivity index (χ2n) is 9.08. The van der Waals surface area contributed by atoms with Crippen LogP contribution >= 0.6 is 0 Å². The summed E-state index contributed by atoms with van der Waals surface area (Å²) in [6, 6.07) is -2.27. The normalized spacial score (nSPS) is 16.1. The Labute approximate surface area is 191 Å². The first-order valence-corrected chi connectivity index (χ1v) is 11.0. The average molecular weight is 459 g/mol. The van der Waals surface area contributed by atoms with Crippen molar-refractivity contribution < 1.29 is 29.0 Å². The molecule has 5 atom stereocenters. The Morgan fingerprint density at radius 3 is 1.88 bits per heavy atom. The molecule has 0 spiro atoms. The van der Waals surface area contributed by atoms with E-state index in [9.17, 15) is 24.3 Å². The van der Waals surface area contributed by atoms with Crippen molar-refractivity contribution in [3.8, 4) is 0 Å². The Hall–Kier alpha value is -2.36. The lowest BCUT2D eigenvalue weighted by Crippen LogP contribution is -2.60. The van der Waals surface area contributed by atoms with Crippen molar-refractivity contribution in [3.63, 3.8) is 0 Å². The zero-order chi connectivity index (χ0) is 25.3. The third-order valence-corrected chi connectivity index (χ3v) is 5.96. The summed E-state index contributed by atoms with van der Waals surface area (Å²) in [5.74, 6) is -1.96. The fourth-order valence-electron chi connectivity index (χ4n) is 3.94. The van der Waals surface area contributed by atoms with Gasteiger partial charge < -0.3 is 25.8 Å². The lowest BCUT2D eigenvalue weighted by atomic mass is 9.89. The first-order valence-electron chi connectivity index (χ1n) is 11.0. The molecule has 0 aliphatic carbocycles. The van der Waals surface area contributed by atoms with E-state index in [4.69, 9.17) is 10.5 Å². The number of nitrogens with one attached hydrogen (secondary N) is 1. The quantitative estimate of drug-likeness (QED) is 0.382. The number of carbonyl (C=O) groups is 4. The monoisotopic (exact) mass is 458 g/mol. The largest absolute Gasteiger partial charge is 0.465 e. The number of rotatable bonds is 13. The van der Waals surface area contributed by atoms with E-state index in [1.165, 1.54) is 19.1 Å². The van der Waals surface area contributed by atoms with Gasteiger partial charge in [-0.15, -0.1) is 0 Å². The molecule has 0 rings (SSSR count). The van der Waals surface area contributed by atoms with Gasteiger partial charge in [-0.05, 0) is 17.8 Å². The van der Waals surface area contributed by atoms with E-state index in [2.05, 4.69) is 5.32 Å². The number of hydrogen-bond acceptors (Lipinski definition) is 5. The van der Waals surface area contributed by atoms with Crippen LogP contribution in [0.3, 0.4) is 0 Å². The average Bonchev–Trinajstić information content (AvgIpc) is 2.69. The van der Waals surface area contributed by atoms with Gasteiger partial charge in [0.2, 0.25) is 17.7 Å². The number of carbonyl (C=O) groups excluding carboxylic acids is 3.